The number of nitriles is 1. The lowest BCUT2D eigenvalue weighted by atomic mass is 10.2. The molecule has 5 heteroatoms. The first-order valence-corrected chi connectivity index (χ1v) is 6.69. The van der Waals surface area contributed by atoms with Gasteiger partial charge in [-0.15, -0.1) is 0 Å². The molecule has 0 aliphatic carbocycles. The minimum Gasteiger partial charge on any atom is -0.399 e. The van der Waals surface area contributed by atoms with Gasteiger partial charge in [-0.3, -0.25) is 4.79 Å². The number of anilines is 3. The second-order valence-electron chi connectivity index (χ2n) is 4.71. The van der Waals surface area contributed by atoms with E-state index in [2.05, 4.69) is 10.6 Å². The van der Waals surface area contributed by atoms with Crippen LogP contribution < -0.4 is 16.4 Å². The molecule has 0 bridgehead atoms. The molecule has 0 saturated heterocycles. The Balaban J connectivity index is 2.09. The van der Waals surface area contributed by atoms with E-state index < -0.39 is 5.91 Å². The molecule has 4 N–H and O–H groups in total. The van der Waals surface area contributed by atoms with Crippen molar-refractivity contribution >= 4 is 23.0 Å². The summed E-state index contributed by atoms with van der Waals surface area (Å²) in [5.74, 6) is -0.478. The van der Waals surface area contributed by atoms with Crippen LogP contribution in [0.25, 0.3) is 0 Å². The second-order valence-corrected chi connectivity index (χ2v) is 4.71. The fraction of sp³-hybridized carbons (Fsp3) is 0.0588. The predicted octanol–water partition coefficient (Wildman–Crippen LogP) is 3.04. The molecule has 0 aliphatic rings. The molecule has 2 rings (SSSR count). The minimum absolute atomic E-state index is 0.0138. The van der Waals surface area contributed by atoms with Crippen LogP contribution in [0.15, 0.2) is 60.3 Å². The molecule has 0 atom stereocenters. The standard InChI is InChI=1S/C17H16N4O/c1-12-4-2-3-5-16(12)20-11-13(10-18)17(22)21-15-8-6-14(19)7-9-15/h2-9,11,20H,19H2,1H3,(H,21,22)/b13-11-. The Hall–Kier alpha value is -3.26. The summed E-state index contributed by atoms with van der Waals surface area (Å²) in [4.78, 5) is 12.1. The van der Waals surface area contributed by atoms with E-state index >= 15 is 0 Å². The minimum atomic E-state index is -0.478. The number of hydrogen-bond acceptors (Lipinski definition) is 4. The first kappa shape index (κ1) is 15.1. The van der Waals surface area contributed by atoms with Crippen molar-refractivity contribution in [1.82, 2.24) is 0 Å². The molecule has 22 heavy (non-hydrogen) atoms. The van der Waals surface area contributed by atoms with Crippen molar-refractivity contribution in [2.75, 3.05) is 16.4 Å². The van der Waals surface area contributed by atoms with Gasteiger partial charge in [0.05, 0.1) is 0 Å². The van der Waals surface area contributed by atoms with Gasteiger partial charge in [-0.25, -0.2) is 0 Å². The van der Waals surface area contributed by atoms with Crippen LogP contribution >= 0.6 is 0 Å². The van der Waals surface area contributed by atoms with E-state index in [1.807, 2.05) is 37.3 Å². The molecule has 5 nitrogen and oxygen atoms in total. The topological polar surface area (TPSA) is 90.9 Å². The van der Waals surface area contributed by atoms with E-state index in [9.17, 15) is 4.79 Å². The number of nitrogen functional groups attached to an aromatic ring is 1. The van der Waals surface area contributed by atoms with Crippen LogP contribution in [0, 0.1) is 18.3 Å². The number of nitrogens with zero attached hydrogens (tertiary/aromatic N) is 1. The maximum absolute atomic E-state index is 12.1. The van der Waals surface area contributed by atoms with E-state index in [-0.39, 0.29) is 5.57 Å². The Morgan fingerprint density at radius 2 is 1.86 bits per heavy atom. The highest BCUT2D eigenvalue weighted by Crippen LogP contribution is 2.14. The summed E-state index contributed by atoms with van der Waals surface area (Å²) in [7, 11) is 0. The fourth-order valence-electron chi connectivity index (χ4n) is 1.80. The molecule has 110 valence electrons. The SMILES string of the molecule is Cc1ccccc1N/C=C(/C#N)C(=O)Nc1ccc(N)cc1. The Morgan fingerprint density at radius 3 is 2.50 bits per heavy atom. The van der Waals surface area contributed by atoms with Crippen LogP contribution in [0.3, 0.4) is 0 Å². The lowest BCUT2D eigenvalue weighted by molar-refractivity contribution is -0.112. The third-order valence-electron chi connectivity index (χ3n) is 3.05. The van der Waals surface area contributed by atoms with Crippen LogP contribution in [-0.2, 0) is 4.79 Å². The van der Waals surface area contributed by atoms with Gasteiger partial charge in [-0.05, 0) is 42.8 Å². The zero-order valence-electron chi connectivity index (χ0n) is 12.1. The van der Waals surface area contributed by atoms with Crippen LogP contribution in [-0.4, -0.2) is 5.91 Å². The van der Waals surface area contributed by atoms with Gasteiger partial charge in [0.1, 0.15) is 11.6 Å². The van der Waals surface area contributed by atoms with E-state index in [1.54, 1.807) is 24.3 Å². The molecule has 0 spiro atoms. The number of nitrogens with one attached hydrogen (secondary N) is 2. The van der Waals surface area contributed by atoms with Crippen LogP contribution in [0.5, 0.6) is 0 Å². The van der Waals surface area contributed by atoms with Gasteiger partial charge in [0.15, 0.2) is 0 Å². The van der Waals surface area contributed by atoms with Gasteiger partial charge < -0.3 is 16.4 Å². The third-order valence-corrected chi connectivity index (χ3v) is 3.05. The largest absolute Gasteiger partial charge is 0.399 e. The molecule has 0 heterocycles. The average molecular weight is 292 g/mol. The summed E-state index contributed by atoms with van der Waals surface area (Å²) < 4.78 is 0. The Kier molecular flexibility index (Phi) is 4.78. The van der Waals surface area contributed by atoms with Crippen LogP contribution in [0.4, 0.5) is 17.1 Å². The number of amides is 1. The number of rotatable bonds is 4. The van der Waals surface area contributed by atoms with Gasteiger partial charge in [-0.1, -0.05) is 18.2 Å². The van der Waals surface area contributed by atoms with Crippen molar-refractivity contribution in [3.63, 3.8) is 0 Å². The molecule has 2 aromatic rings. The molecule has 0 aliphatic heterocycles. The monoisotopic (exact) mass is 292 g/mol. The van der Waals surface area contributed by atoms with Gasteiger partial charge in [0.25, 0.3) is 5.91 Å². The summed E-state index contributed by atoms with van der Waals surface area (Å²) >= 11 is 0. The van der Waals surface area contributed by atoms with Crippen molar-refractivity contribution in [2.24, 2.45) is 0 Å². The highest BCUT2D eigenvalue weighted by atomic mass is 16.1. The molecule has 0 unspecified atom stereocenters. The molecule has 0 aromatic heterocycles. The smallest absolute Gasteiger partial charge is 0.267 e. The summed E-state index contributed by atoms with van der Waals surface area (Å²) in [6, 6.07) is 16.2. The number of para-hydroxylation sites is 1. The second kappa shape index (κ2) is 6.95. The Morgan fingerprint density at radius 1 is 1.18 bits per heavy atom. The van der Waals surface area contributed by atoms with Crippen molar-refractivity contribution in [1.29, 1.82) is 5.26 Å². The first-order chi connectivity index (χ1) is 10.6. The highest BCUT2D eigenvalue weighted by Gasteiger charge is 2.09. The number of aryl methyl sites for hydroxylation is 1. The Bertz CT molecular complexity index is 742. The summed E-state index contributed by atoms with van der Waals surface area (Å²) in [6.45, 7) is 1.94. The quantitative estimate of drug-likeness (QED) is 0.459. The number of hydrogen-bond donors (Lipinski definition) is 3. The normalized spacial score (nSPS) is 10.6. The summed E-state index contributed by atoms with van der Waals surface area (Å²) in [6.07, 6.45) is 1.40. The van der Waals surface area contributed by atoms with Gasteiger partial charge in [-0.2, -0.15) is 5.26 Å². The average Bonchev–Trinajstić information content (AvgIpc) is 2.52. The molecular weight excluding hydrogens is 276 g/mol. The maximum atomic E-state index is 12.1. The molecule has 2 aromatic carbocycles. The van der Waals surface area contributed by atoms with E-state index in [1.165, 1.54) is 6.20 Å². The predicted molar refractivity (Wildman–Crippen MR) is 88.0 cm³/mol. The molecule has 1 amide bonds. The lowest BCUT2D eigenvalue weighted by Crippen LogP contribution is -2.14. The number of carbonyl (C=O) groups is 1. The summed E-state index contributed by atoms with van der Waals surface area (Å²) in [5, 5.41) is 14.7. The van der Waals surface area contributed by atoms with Crippen molar-refractivity contribution < 1.29 is 4.79 Å². The van der Waals surface area contributed by atoms with Crippen LogP contribution in [0.2, 0.25) is 0 Å². The first-order valence-electron chi connectivity index (χ1n) is 6.69. The lowest BCUT2D eigenvalue weighted by Gasteiger charge is -2.07. The zero-order valence-corrected chi connectivity index (χ0v) is 12.1. The summed E-state index contributed by atoms with van der Waals surface area (Å²) in [5.41, 5.74) is 8.62. The van der Waals surface area contributed by atoms with Gasteiger partial charge in [0, 0.05) is 23.3 Å². The van der Waals surface area contributed by atoms with Crippen LogP contribution in [0.1, 0.15) is 5.56 Å². The van der Waals surface area contributed by atoms with E-state index in [4.69, 9.17) is 11.0 Å². The van der Waals surface area contributed by atoms with E-state index in [0.29, 0.717) is 11.4 Å². The molecule has 0 radical (unpaired) electrons. The maximum Gasteiger partial charge on any atom is 0.267 e. The third kappa shape index (κ3) is 3.87. The number of carbonyl (C=O) groups excluding carboxylic acids is 1. The van der Waals surface area contributed by atoms with Crippen molar-refractivity contribution in [3.8, 4) is 6.07 Å². The van der Waals surface area contributed by atoms with Crippen molar-refractivity contribution in [3.05, 3.63) is 65.9 Å². The number of benzene rings is 2. The van der Waals surface area contributed by atoms with E-state index in [0.717, 1.165) is 11.3 Å². The van der Waals surface area contributed by atoms with Crippen molar-refractivity contribution in [2.45, 2.75) is 6.92 Å². The Labute approximate surface area is 129 Å². The molecular formula is C17H16N4O. The highest BCUT2D eigenvalue weighted by molar-refractivity contribution is 6.06. The van der Waals surface area contributed by atoms with Gasteiger partial charge in [0.2, 0.25) is 0 Å². The van der Waals surface area contributed by atoms with Gasteiger partial charge >= 0.3 is 0 Å². The zero-order chi connectivity index (χ0) is 15.9. The number of nitrogens with two attached hydrogens (primary N) is 1. The molecule has 0 saturated carbocycles. The molecule has 0 fully saturated rings. The fourth-order valence-corrected chi connectivity index (χ4v) is 1.80.